The van der Waals surface area contributed by atoms with Crippen LogP contribution in [0.25, 0.3) is 0 Å². The molecular formula is C28H30ClF3N6O6. The molecule has 1 atom stereocenters. The van der Waals surface area contributed by atoms with Crippen LogP contribution < -0.4 is 31.4 Å². The molecule has 0 aliphatic heterocycles. The van der Waals surface area contributed by atoms with E-state index < -0.39 is 30.0 Å². The summed E-state index contributed by atoms with van der Waals surface area (Å²) in [6.45, 7) is 6.07. The second-order valence-corrected chi connectivity index (χ2v) is 9.38. The van der Waals surface area contributed by atoms with Gasteiger partial charge in [0.15, 0.2) is 11.5 Å². The van der Waals surface area contributed by atoms with Gasteiger partial charge in [-0.3, -0.25) is 30.8 Å². The molecule has 7 N–H and O–H groups in total. The summed E-state index contributed by atoms with van der Waals surface area (Å²) in [5.41, 5.74) is 12.2. The first-order valence-corrected chi connectivity index (χ1v) is 13.2. The van der Waals surface area contributed by atoms with Gasteiger partial charge in [-0.15, -0.1) is 0 Å². The zero-order valence-electron chi connectivity index (χ0n) is 23.7. The summed E-state index contributed by atoms with van der Waals surface area (Å²) in [4.78, 5) is 38.6. The lowest BCUT2D eigenvalue weighted by molar-refractivity contribution is -0.192. The van der Waals surface area contributed by atoms with Gasteiger partial charge >= 0.3 is 12.1 Å². The van der Waals surface area contributed by atoms with Crippen LogP contribution >= 0.6 is 11.6 Å². The van der Waals surface area contributed by atoms with Gasteiger partial charge in [-0.1, -0.05) is 17.7 Å². The molecule has 0 radical (unpaired) electrons. The van der Waals surface area contributed by atoms with Crippen LogP contribution in [0, 0.1) is 5.41 Å². The number of alkyl halides is 3. The molecule has 0 bridgehead atoms. The normalized spacial score (nSPS) is 11.4. The van der Waals surface area contributed by atoms with E-state index in [9.17, 15) is 22.8 Å². The van der Waals surface area contributed by atoms with Crippen LogP contribution in [0.5, 0.6) is 11.5 Å². The van der Waals surface area contributed by atoms with Crippen molar-refractivity contribution in [1.29, 1.82) is 5.41 Å². The van der Waals surface area contributed by atoms with E-state index in [2.05, 4.69) is 21.2 Å². The highest BCUT2D eigenvalue weighted by atomic mass is 35.5. The van der Waals surface area contributed by atoms with Gasteiger partial charge in [0.05, 0.1) is 23.3 Å². The molecule has 1 unspecified atom stereocenters. The molecule has 1 heterocycles. The average molecular weight is 639 g/mol. The maximum absolute atomic E-state index is 13.3. The second kappa shape index (κ2) is 16.0. The average Bonchev–Trinajstić information content (AvgIpc) is 2.95. The third-order valence-electron chi connectivity index (χ3n) is 5.29. The minimum Gasteiger partial charge on any atom is -0.490 e. The lowest BCUT2D eigenvalue weighted by atomic mass is 10.0. The number of anilines is 1. The number of amidine groups is 1. The summed E-state index contributed by atoms with van der Waals surface area (Å²) in [5.74, 6) is -2.94. The van der Waals surface area contributed by atoms with Crippen molar-refractivity contribution < 1.29 is 42.1 Å². The summed E-state index contributed by atoms with van der Waals surface area (Å²) in [5, 5.41) is 18.0. The first kappa shape index (κ1) is 35.1. The Hall–Kier alpha value is -5.05. The Bertz CT molecular complexity index is 1470. The quantitative estimate of drug-likeness (QED) is 0.106. The highest BCUT2D eigenvalue weighted by Gasteiger charge is 2.38. The fourth-order valence-electron chi connectivity index (χ4n) is 3.35. The van der Waals surface area contributed by atoms with E-state index in [1.807, 2.05) is 20.8 Å². The largest absolute Gasteiger partial charge is 0.490 e. The number of amides is 2. The number of carboxylic acids is 1. The molecule has 3 rings (SSSR count). The van der Waals surface area contributed by atoms with Crippen molar-refractivity contribution in [2.75, 3.05) is 11.9 Å². The van der Waals surface area contributed by atoms with Crippen molar-refractivity contribution in [2.45, 2.75) is 39.1 Å². The van der Waals surface area contributed by atoms with E-state index in [-0.39, 0.29) is 22.5 Å². The SMILES string of the molecule is CCOc1cc(C(Nc2ccc(C(=N)N)cc2)C(=O)NNC(=O)c2ccncc2Cl)ccc1OC(C)C.O=C(O)C(F)(F)F. The molecule has 0 spiro atoms. The van der Waals surface area contributed by atoms with E-state index in [4.69, 9.17) is 42.1 Å². The molecular weight excluding hydrogens is 609 g/mol. The molecule has 2 aromatic carbocycles. The first-order chi connectivity index (χ1) is 20.6. The molecule has 0 saturated carbocycles. The van der Waals surface area contributed by atoms with Gasteiger partial charge in [-0.2, -0.15) is 13.2 Å². The Morgan fingerprint density at radius 3 is 2.23 bits per heavy atom. The molecule has 236 valence electrons. The van der Waals surface area contributed by atoms with Gasteiger partial charge in [0.25, 0.3) is 11.8 Å². The lowest BCUT2D eigenvalue weighted by Crippen LogP contribution is -2.45. The highest BCUT2D eigenvalue weighted by molar-refractivity contribution is 6.33. The number of pyridine rings is 1. The number of carbonyl (C=O) groups excluding carboxylic acids is 2. The predicted octanol–water partition coefficient (Wildman–Crippen LogP) is 4.45. The fraction of sp³-hybridized carbons (Fsp3) is 0.250. The van der Waals surface area contributed by atoms with E-state index in [0.29, 0.717) is 34.9 Å². The second-order valence-electron chi connectivity index (χ2n) is 8.98. The molecule has 0 aliphatic carbocycles. The standard InChI is InChI=1S/C26H29ClN6O4.C2HF3O2/c1-4-36-22-13-17(7-10-21(22)37-15(2)3)23(31-18-8-5-16(6-9-18)24(28)29)26(35)33-32-25(34)19-11-12-30-14-20(19)27;3-2(4,5)1(6)7/h5-15,23,31H,4H2,1-3H3,(H3,28,29)(H,32,34)(H,33,35);(H,6,7). The van der Waals surface area contributed by atoms with Gasteiger partial charge in [0, 0.05) is 23.6 Å². The summed E-state index contributed by atoms with van der Waals surface area (Å²) in [7, 11) is 0. The summed E-state index contributed by atoms with van der Waals surface area (Å²) >= 11 is 6.03. The molecule has 3 aromatic rings. The number of nitrogens with zero attached hydrogens (tertiary/aromatic N) is 1. The van der Waals surface area contributed by atoms with E-state index in [1.165, 1.54) is 18.5 Å². The van der Waals surface area contributed by atoms with Gasteiger partial charge in [0.1, 0.15) is 11.9 Å². The highest BCUT2D eigenvalue weighted by Crippen LogP contribution is 2.33. The third-order valence-corrected chi connectivity index (χ3v) is 5.59. The Morgan fingerprint density at radius 1 is 1.07 bits per heavy atom. The van der Waals surface area contributed by atoms with Crippen LogP contribution in [0.3, 0.4) is 0 Å². The molecule has 0 fully saturated rings. The molecule has 0 aliphatic rings. The number of nitrogen functional groups attached to an aromatic ring is 1. The van der Waals surface area contributed by atoms with Gasteiger partial charge in [-0.25, -0.2) is 4.79 Å². The van der Waals surface area contributed by atoms with Gasteiger partial charge in [-0.05, 0) is 68.8 Å². The van der Waals surface area contributed by atoms with Crippen molar-refractivity contribution in [2.24, 2.45) is 5.73 Å². The minimum atomic E-state index is -5.08. The molecule has 16 heteroatoms. The number of aliphatic carboxylic acids is 1. The number of carboxylic acid groups (broad SMARTS) is 1. The smallest absolute Gasteiger partial charge is 0.490 e. The summed E-state index contributed by atoms with van der Waals surface area (Å²) in [6.07, 6.45) is -2.39. The van der Waals surface area contributed by atoms with Crippen LogP contribution in [0.15, 0.2) is 60.9 Å². The van der Waals surface area contributed by atoms with Crippen molar-refractivity contribution >= 4 is 40.9 Å². The van der Waals surface area contributed by atoms with Gasteiger partial charge in [0.2, 0.25) is 0 Å². The number of ether oxygens (including phenoxy) is 2. The topological polar surface area (TPSA) is 189 Å². The number of hydrogen-bond acceptors (Lipinski definition) is 8. The van der Waals surface area contributed by atoms with Crippen LogP contribution in [0.2, 0.25) is 5.02 Å². The number of carbonyl (C=O) groups is 3. The van der Waals surface area contributed by atoms with Crippen LogP contribution in [-0.4, -0.2) is 52.6 Å². The zero-order valence-corrected chi connectivity index (χ0v) is 24.4. The number of nitrogens with one attached hydrogen (secondary N) is 4. The number of halogens is 4. The Kier molecular flexibility index (Phi) is 12.8. The number of nitrogens with two attached hydrogens (primary N) is 1. The van der Waals surface area contributed by atoms with Crippen molar-refractivity contribution in [3.8, 4) is 11.5 Å². The van der Waals surface area contributed by atoms with E-state index in [0.717, 1.165) is 0 Å². The van der Waals surface area contributed by atoms with Crippen LogP contribution in [0.1, 0.15) is 48.3 Å². The molecule has 0 saturated heterocycles. The number of rotatable bonds is 10. The van der Waals surface area contributed by atoms with Crippen molar-refractivity contribution in [1.82, 2.24) is 15.8 Å². The summed E-state index contributed by atoms with van der Waals surface area (Å²) < 4.78 is 43.3. The lowest BCUT2D eigenvalue weighted by Gasteiger charge is -2.22. The van der Waals surface area contributed by atoms with Crippen LogP contribution in [0.4, 0.5) is 18.9 Å². The predicted molar refractivity (Wildman–Crippen MR) is 156 cm³/mol. The third kappa shape index (κ3) is 10.7. The van der Waals surface area contributed by atoms with Crippen molar-refractivity contribution in [3.05, 3.63) is 82.6 Å². The van der Waals surface area contributed by atoms with Crippen molar-refractivity contribution in [3.63, 3.8) is 0 Å². The van der Waals surface area contributed by atoms with Crippen LogP contribution in [-0.2, 0) is 9.59 Å². The maximum Gasteiger partial charge on any atom is 0.490 e. The number of benzene rings is 2. The van der Waals surface area contributed by atoms with E-state index >= 15 is 0 Å². The number of hydrazine groups is 1. The van der Waals surface area contributed by atoms with E-state index in [1.54, 1.807) is 42.5 Å². The summed E-state index contributed by atoms with van der Waals surface area (Å²) in [6, 6.07) is 12.4. The number of hydrogen-bond donors (Lipinski definition) is 6. The fourth-order valence-corrected chi connectivity index (χ4v) is 3.56. The Morgan fingerprint density at radius 2 is 1.70 bits per heavy atom. The molecule has 12 nitrogen and oxygen atoms in total. The first-order valence-electron chi connectivity index (χ1n) is 12.8. The molecule has 1 aromatic heterocycles. The van der Waals surface area contributed by atoms with Gasteiger partial charge < -0.3 is 25.6 Å². The Labute approximate surface area is 255 Å². The zero-order chi connectivity index (χ0) is 33.0. The maximum atomic E-state index is 13.3. The molecule has 2 amide bonds. The molecule has 44 heavy (non-hydrogen) atoms. The Balaban J connectivity index is 0.000000860. The monoisotopic (exact) mass is 638 g/mol. The number of aromatic nitrogens is 1. The minimum absolute atomic E-state index is 0.0691.